The molecule has 20 heavy (non-hydrogen) atoms. The molecule has 0 bridgehead atoms. The van der Waals surface area contributed by atoms with Crippen molar-refractivity contribution in [3.63, 3.8) is 0 Å². The zero-order chi connectivity index (χ0) is 14.6. The highest BCUT2D eigenvalue weighted by Gasteiger charge is 2.01. The molecule has 0 heterocycles. The van der Waals surface area contributed by atoms with Gasteiger partial charge in [-0.25, -0.2) is 0 Å². The Morgan fingerprint density at radius 3 is 2.60 bits per heavy atom. The van der Waals surface area contributed by atoms with Crippen LogP contribution in [0.15, 0.2) is 28.7 Å². The van der Waals surface area contributed by atoms with E-state index in [2.05, 4.69) is 33.5 Å². The van der Waals surface area contributed by atoms with E-state index in [4.69, 9.17) is 4.74 Å². The smallest absolute Gasteiger partial charge is 0.238 e. The van der Waals surface area contributed by atoms with Crippen LogP contribution in [0.25, 0.3) is 0 Å². The Labute approximate surface area is 129 Å². The molecule has 0 saturated carbocycles. The largest absolute Gasteiger partial charge is 0.381 e. The first-order valence-corrected chi connectivity index (χ1v) is 7.85. The number of hydrogen-bond acceptors (Lipinski definition) is 3. The molecule has 2 N–H and O–H groups in total. The number of nitrogens with one attached hydrogen (secondary N) is 2. The molecular weight excluding hydrogens is 320 g/mol. The first-order valence-electron chi connectivity index (χ1n) is 7.06. The number of carbonyl (C=O) groups excluding carboxylic acids is 1. The van der Waals surface area contributed by atoms with E-state index >= 15 is 0 Å². The maximum absolute atomic E-state index is 11.7. The van der Waals surface area contributed by atoms with Gasteiger partial charge in [-0.15, -0.1) is 0 Å². The lowest BCUT2D eigenvalue weighted by molar-refractivity contribution is -0.115. The second kappa shape index (κ2) is 10.8. The highest BCUT2D eigenvalue weighted by molar-refractivity contribution is 9.10. The van der Waals surface area contributed by atoms with Gasteiger partial charge in [-0.2, -0.15) is 0 Å². The van der Waals surface area contributed by atoms with Crippen LogP contribution in [-0.2, 0) is 9.53 Å². The summed E-state index contributed by atoms with van der Waals surface area (Å²) >= 11 is 3.36. The molecule has 0 saturated heterocycles. The fourth-order valence-electron chi connectivity index (χ4n) is 1.59. The predicted octanol–water partition coefficient (Wildman–Crippen LogP) is 3.18. The van der Waals surface area contributed by atoms with Crippen LogP contribution in [0.1, 0.15) is 26.2 Å². The van der Waals surface area contributed by atoms with Crippen molar-refractivity contribution < 1.29 is 9.53 Å². The molecule has 0 spiro atoms. The molecule has 112 valence electrons. The minimum Gasteiger partial charge on any atom is -0.381 e. The molecule has 4 nitrogen and oxygen atoms in total. The Kier molecular flexibility index (Phi) is 9.28. The highest BCUT2D eigenvalue weighted by atomic mass is 79.9. The van der Waals surface area contributed by atoms with E-state index in [9.17, 15) is 4.79 Å². The van der Waals surface area contributed by atoms with Crippen LogP contribution in [0.2, 0.25) is 0 Å². The number of amides is 1. The van der Waals surface area contributed by atoms with Crippen molar-refractivity contribution >= 4 is 27.5 Å². The Hall–Kier alpha value is -0.910. The second-order valence-corrected chi connectivity index (χ2v) is 5.47. The Bertz CT molecular complexity index is 382. The van der Waals surface area contributed by atoms with Crippen LogP contribution < -0.4 is 10.6 Å². The first kappa shape index (κ1) is 17.1. The molecule has 0 aliphatic rings. The average Bonchev–Trinajstić information content (AvgIpc) is 2.44. The summed E-state index contributed by atoms with van der Waals surface area (Å²) in [4.78, 5) is 11.7. The molecular formula is C15H23BrN2O2. The highest BCUT2D eigenvalue weighted by Crippen LogP contribution is 2.13. The normalized spacial score (nSPS) is 10.5. The molecule has 0 aliphatic heterocycles. The fourth-order valence-corrected chi connectivity index (χ4v) is 1.85. The molecule has 1 rings (SSSR count). The quantitative estimate of drug-likeness (QED) is 0.642. The molecule has 1 aromatic rings. The zero-order valence-corrected chi connectivity index (χ0v) is 13.5. The van der Waals surface area contributed by atoms with E-state index in [0.717, 1.165) is 49.2 Å². The van der Waals surface area contributed by atoms with Crippen molar-refractivity contribution in [3.8, 4) is 0 Å². The summed E-state index contributed by atoms with van der Waals surface area (Å²) in [5, 5.41) is 5.94. The maximum Gasteiger partial charge on any atom is 0.238 e. The van der Waals surface area contributed by atoms with Crippen LogP contribution in [0, 0.1) is 0 Å². The van der Waals surface area contributed by atoms with Crippen LogP contribution in [0.4, 0.5) is 5.69 Å². The fraction of sp³-hybridized carbons (Fsp3) is 0.533. The van der Waals surface area contributed by atoms with Crippen molar-refractivity contribution in [3.05, 3.63) is 28.7 Å². The van der Waals surface area contributed by atoms with Gasteiger partial charge in [0.15, 0.2) is 0 Å². The van der Waals surface area contributed by atoms with Crippen molar-refractivity contribution in [2.45, 2.75) is 26.2 Å². The minimum atomic E-state index is -0.0285. The zero-order valence-electron chi connectivity index (χ0n) is 12.0. The lowest BCUT2D eigenvalue weighted by Crippen LogP contribution is -2.29. The molecule has 0 aliphatic carbocycles. The standard InChI is InChI=1S/C15H23BrN2O2/c1-2-3-10-20-11-4-9-17-12-15(19)18-14-7-5-13(16)6-8-14/h5-8,17H,2-4,9-12H2,1H3,(H,18,19). The SMILES string of the molecule is CCCCOCCCNCC(=O)Nc1ccc(Br)cc1. The third-order valence-corrected chi connectivity index (χ3v) is 3.23. The number of rotatable bonds is 10. The lowest BCUT2D eigenvalue weighted by atomic mass is 10.3. The lowest BCUT2D eigenvalue weighted by Gasteiger charge is -2.07. The molecule has 0 unspecified atom stereocenters. The number of benzene rings is 1. The van der Waals surface area contributed by atoms with E-state index < -0.39 is 0 Å². The summed E-state index contributed by atoms with van der Waals surface area (Å²) in [6.45, 7) is 4.85. The minimum absolute atomic E-state index is 0.0285. The summed E-state index contributed by atoms with van der Waals surface area (Å²) in [5.41, 5.74) is 0.808. The van der Waals surface area contributed by atoms with Crippen LogP contribution >= 0.6 is 15.9 Å². The van der Waals surface area contributed by atoms with Gasteiger partial charge in [0, 0.05) is 23.4 Å². The van der Waals surface area contributed by atoms with E-state index in [1.807, 2.05) is 24.3 Å². The van der Waals surface area contributed by atoms with Crippen molar-refractivity contribution in [1.29, 1.82) is 0 Å². The van der Waals surface area contributed by atoms with E-state index in [1.165, 1.54) is 0 Å². The average molecular weight is 343 g/mol. The van der Waals surface area contributed by atoms with Gasteiger partial charge in [-0.1, -0.05) is 29.3 Å². The van der Waals surface area contributed by atoms with Gasteiger partial charge in [0.2, 0.25) is 5.91 Å². The van der Waals surface area contributed by atoms with Crippen molar-refractivity contribution in [2.24, 2.45) is 0 Å². The second-order valence-electron chi connectivity index (χ2n) is 4.55. The van der Waals surface area contributed by atoms with E-state index in [-0.39, 0.29) is 5.91 Å². The van der Waals surface area contributed by atoms with Gasteiger partial charge in [0.05, 0.1) is 6.54 Å². The monoisotopic (exact) mass is 342 g/mol. The molecule has 0 atom stereocenters. The van der Waals surface area contributed by atoms with Crippen LogP contribution in [0.3, 0.4) is 0 Å². The van der Waals surface area contributed by atoms with Crippen molar-refractivity contribution in [2.75, 3.05) is 31.6 Å². The first-order chi connectivity index (χ1) is 9.72. The van der Waals surface area contributed by atoms with E-state index in [0.29, 0.717) is 6.54 Å². The van der Waals surface area contributed by atoms with Gasteiger partial charge in [0.25, 0.3) is 0 Å². The summed E-state index contributed by atoms with van der Waals surface area (Å²) in [6.07, 6.45) is 3.20. The number of unbranched alkanes of at least 4 members (excludes halogenated alkanes) is 1. The molecule has 0 aromatic heterocycles. The molecule has 1 amide bonds. The summed E-state index contributed by atoms with van der Waals surface area (Å²) < 4.78 is 6.44. The van der Waals surface area contributed by atoms with Gasteiger partial charge < -0.3 is 15.4 Å². The van der Waals surface area contributed by atoms with Gasteiger partial charge in [-0.3, -0.25) is 4.79 Å². The maximum atomic E-state index is 11.7. The third kappa shape index (κ3) is 8.30. The summed E-state index contributed by atoms with van der Waals surface area (Å²) in [6, 6.07) is 7.53. The predicted molar refractivity (Wildman–Crippen MR) is 86.0 cm³/mol. The van der Waals surface area contributed by atoms with Gasteiger partial charge >= 0.3 is 0 Å². The summed E-state index contributed by atoms with van der Waals surface area (Å²) in [7, 11) is 0. The van der Waals surface area contributed by atoms with Gasteiger partial charge in [0.1, 0.15) is 0 Å². The summed E-state index contributed by atoms with van der Waals surface area (Å²) in [5.74, 6) is -0.0285. The number of carbonyl (C=O) groups is 1. The number of halogens is 1. The van der Waals surface area contributed by atoms with Crippen molar-refractivity contribution in [1.82, 2.24) is 5.32 Å². The number of hydrogen-bond donors (Lipinski definition) is 2. The van der Waals surface area contributed by atoms with Crippen LogP contribution in [-0.4, -0.2) is 32.2 Å². The van der Waals surface area contributed by atoms with Gasteiger partial charge in [-0.05, 0) is 43.7 Å². The topological polar surface area (TPSA) is 50.4 Å². The Morgan fingerprint density at radius 2 is 1.90 bits per heavy atom. The van der Waals surface area contributed by atoms with E-state index in [1.54, 1.807) is 0 Å². The number of anilines is 1. The molecule has 0 radical (unpaired) electrons. The molecule has 0 fully saturated rings. The third-order valence-electron chi connectivity index (χ3n) is 2.70. The Balaban J connectivity index is 2.01. The van der Waals surface area contributed by atoms with Crippen LogP contribution in [0.5, 0.6) is 0 Å². The number of ether oxygens (including phenoxy) is 1. The Morgan fingerprint density at radius 1 is 1.20 bits per heavy atom. The molecule has 1 aromatic carbocycles. The molecule has 5 heteroatoms.